The molecule has 0 aliphatic heterocycles. The molecule has 3 N–H and O–H groups in total. The van der Waals surface area contributed by atoms with E-state index in [1.807, 2.05) is 12.1 Å². The van der Waals surface area contributed by atoms with Gasteiger partial charge in [-0.2, -0.15) is 13.2 Å². The number of oxazole rings is 1. The van der Waals surface area contributed by atoms with Crippen molar-refractivity contribution in [2.45, 2.75) is 19.2 Å². The number of halogens is 3. The summed E-state index contributed by atoms with van der Waals surface area (Å²) in [5.74, 6) is 1.73. The third kappa shape index (κ3) is 7.95. The largest absolute Gasteiger partial charge is 0.494 e. The third-order valence-corrected chi connectivity index (χ3v) is 4.38. The van der Waals surface area contributed by atoms with Crippen LogP contribution in [0.4, 0.5) is 13.2 Å². The highest BCUT2D eigenvalue weighted by molar-refractivity contribution is 5.66. The van der Waals surface area contributed by atoms with Crippen molar-refractivity contribution >= 4 is 12.2 Å². The highest BCUT2D eigenvalue weighted by Gasteiger charge is 2.29. The van der Waals surface area contributed by atoms with Gasteiger partial charge in [0.05, 0.1) is 12.2 Å². The van der Waals surface area contributed by atoms with E-state index in [0.29, 0.717) is 29.5 Å². The van der Waals surface area contributed by atoms with Gasteiger partial charge in [-0.05, 0) is 54.5 Å². The summed E-state index contributed by atoms with van der Waals surface area (Å²) in [5, 5.41) is 3.03. The number of nitrogens with two attached hydrogens (primary N) is 1. The number of hydrogen-bond acceptors (Lipinski definition) is 6. The van der Waals surface area contributed by atoms with Gasteiger partial charge in [-0.3, -0.25) is 0 Å². The minimum absolute atomic E-state index is 0.207. The second-order valence-electron chi connectivity index (χ2n) is 6.91. The monoisotopic (exact) mass is 459 g/mol. The van der Waals surface area contributed by atoms with Gasteiger partial charge in [-0.15, -0.1) is 0 Å². The van der Waals surface area contributed by atoms with E-state index in [9.17, 15) is 13.2 Å². The Labute approximate surface area is 189 Å². The lowest BCUT2D eigenvalue weighted by Crippen LogP contribution is -2.11. The number of nitrogens with zero attached hydrogens (tertiary/aromatic N) is 1. The molecule has 0 fully saturated rings. The molecule has 0 aliphatic rings. The summed E-state index contributed by atoms with van der Waals surface area (Å²) in [5.41, 5.74) is 5.73. The van der Waals surface area contributed by atoms with Gasteiger partial charge in [0.15, 0.2) is 0 Å². The van der Waals surface area contributed by atoms with E-state index in [-0.39, 0.29) is 6.61 Å². The summed E-state index contributed by atoms with van der Waals surface area (Å²) in [6, 6.07) is 12.1. The molecular weight excluding hydrogens is 435 g/mol. The lowest BCUT2D eigenvalue weighted by Gasteiger charge is -2.08. The molecule has 0 atom stereocenters. The molecule has 0 unspecified atom stereocenters. The van der Waals surface area contributed by atoms with Gasteiger partial charge < -0.3 is 24.9 Å². The number of nitrogens with one attached hydrogen (secondary N) is 1. The maximum Gasteiger partial charge on any atom is 0.416 e. The molecule has 0 saturated heterocycles. The Balaban J connectivity index is 1.43. The van der Waals surface area contributed by atoms with Gasteiger partial charge in [0.2, 0.25) is 5.89 Å². The Morgan fingerprint density at radius 3 is 2.33 bits per heavy atom. The highest BCUT2D eigenvalue weighted by atomic mass is 19.4. The average molecular weight is 459 g/mol. The van der Waals surface area contributed by atoms with Crippen LogP contribution < -0.4 is 20.5 Å². The Morgan fingerprint density at radius 1 is 0.970 bits per heavy atom. The van der Waals surface area contributed by atoms with Crippen molar-refractivity contribution in [2.24, 2.45) is 5.73 Å². The van der Waals surface area contributed by atoms with E-state index in [1.165, 1.54) is 24.6 Å². The van der Waals surface area contributed by atoms with Gasteiger partial charge in [0.1, 0.15) is 30.1 Å². The fraction of sp³-hybridized carbons (Fsp3) is 0.208. The molecule has 33 heavy (non-hydrogen) atoms. The predicted molar refractivity (Wildman–Crippen MR) is 119 cm³/mol. The fourth-order valence-electron chi connectivity index (χ4n) is 2.72. The number of hydrogen-bond donors (Lipinski definition) is 2. The summed E-state index contributed by atoms with van der Waals surface area (Å²) in [6.45, 7) is 1.56. The van der Waals surface area contributed by atoms with Gasteiger partial charge in [-0.25, -0.2) is 4.98 Å². The van der Waals surface area contributed by atoms with Crippen LogP contribution in [0.5, 0.6) is 11.5 Å². The van der Waals surface area contributed by atoms with Crippen LogP contribution in [0.1, 0.15) is 29.1 Å². The first-order valence-corrected chi connectivity index (χ1v) is 10.2. The van der Waals surface area contributed by atoms with Crippen molar-refractivity contribution in [1.82, 2.24) is 10.3 Å². The van der Waals surface area contributed by atoms with Gasteiger partial charge >= 0.3 is 6.18 Å². The molecule has 3 rings (SSSR count). The van der Waals surface area contributed by atoms with Crippen LogP contribution in [0.3, 0.4) is 0 Å². The van der Waals surface area contributed by atoms with Crippen LogP contribution in [0, 0.1) is 0 Å². The molecule has 1 aromatic heterocycles. The van der Waals surface area contributed by atoms with Gasteiger partial charge in [0.25, 0.3) is 0 Å². The van der Waals surface area contributed by atoms with Crippen LogP contribution in [-0.2, 0) is 12.8 Å². The smallest absolute Gasteiger partial charge is 0.416 e. The highest BCUT2D eigenvalue weighted by Crippen LogP contribution is 2.29. The topological polar surface area (TPSA) is 82.5 Å². The maximum atomic E-state index is 12.6. The van der Waals surface area contributed by atoms with Crippen molar-refractivity contribution < 1.29 is 27.1 Å². The summed E-state index contributed by atoms with van der Waals surface area (Å²) in [7, 11) is 0. The quantitative estimate of drug-likeness (QED) is 0.382. The molecule has 174 valence electrons. The Hall–Kier alpha value is -3.88. The lowest BCUT2D eigenvalue weighted by molar-refractivity contribution is -0.137. The molecule has 0 saturated carbocycles. The summed E-state index contributed by atoms with van der Waals surface area (Å²) in [6.07, 6.45) is 4.29. The average Bonchev–Trinajstić information content (AvgIpc) is 3.27. The number of ether oxygens (including phenoxy) is 2. The van der Waals surface area contributed by atoms with Crippen LogP contribution in [-0.4, -0.2) is 18.1 Å². The molecule has 1 heterocycles. The molecular formula is C24H24F3N3O3. The molecule has 0 bridgehead atoms. The van der Waals surface area contributed by atoms with E-state index in [2.05, 4.69) is 10.3 Å². The first kappa shape index (κ1) is 23.8. The van der Waals surface area contributed by atoms with Gasteiger partial charge in [0, 0.05) is 25.0 Å². The minimum Gasteiger partial charge on any atom is -0.494 e. The standard InChI is InChI=1S/C24H24F3N3O3/c25-24(26,27)19-5-2-18(3-6-19)4-11-23-30-20(17-33-23)16-32-22-9-7-21(8-10-22)31-15-1-13-29-14-12-28/h2-12,14,17,29H,1,13,15-16,28H2/b11-4+,14-12-. The SMILES string of the molecule is N/C=C\NCCCOc1ccc(OCc2coc(/C=C/c3ccc(C(F)(F)F)cc3)n2)cc1. The van der Waals surface area contributed by atoms with E-state index in [1.54, 1.807) is 30.5 Å². The molecule has 3 aromatic rings. The molecule has 0 aliphatic carbocycles. The van der Waals surface area contributed by atoms with E-state index >= 15 is 0 Å². The predicted octanol–water partition coefficient (Wildman–Crippen LogP) is 5.23. The summed E-state index contributed by atoms with van der Waals surface area (Å²) in [4.78, 5) is 4.28. The van der Waals surface area contributed by atoms with E-state index in [0.717, 1.165) is 30.8 Å². The number of alkyl halides is 3. The number of benzene rings is 2. The second kappa shape index (κ2) is 11.7. The van der Waals surface area contributed by atoms with Gasteiger partial charge in [-0.1, -0.05) is 12.1 Å². The fourth-order valence-corrected chi connectivity index (χ4v) is 2.72. The van der Waals surface area contributed by atoms with Crippen molar-refractivity contribution in [3.63, 3.8) is 0 Å². The molecule has 2 aromatic carbocycles. The number of aromatic nitrogens is 1. The maximum absolute atomic E-state index is 12.6. The van der Waals surface area contributed by atoms with Crippen molar-refractivity contribution in [3.05, 3.63) is 89.9 Å². The van der Waals surface area contributed by atoms with E-state index < -0.39 is 11.7 Å². The van der Waals surface area contributed by atoms with Crippen LogP contribution in [0.2, 0.25) is 0 Å². The summed E-state index contributed by atoms with van der Waals surface area (Å²) >= 11 is 0. The molecule has 0 amide bonds. The van der Waals surface area contributed by atoms with Crippen LogP contribution >= 0.6 is 0 Å². The normalized spacial score (nSPS) is 11.8. The van der Waals surface area contributed by atoms with E-state index in [4.69, 9.17) is 19.6 Å². The third-order valence-electron chi connectivity index (χ3n) is 4.38. The summed E-state index contributed by atoms with van der Waals surface area (Å²) < 4.78 is 54.6. The number of rotatable bonds is 11. The van der Waals surface area contributed by atoms with Crippen molar-refractivity contribution in [2.75, 3.05) is 13.2 Å². The Morgan fingerprint density at radius 2 is 1.67 bits per heavy atom. The zero-order valence-electron chi connectivity index (χ0n) is 17.7. The lowest BCUT2D eigenvalue weighted by atomic mass is 10.1. The molecule has 6 nitrogen and oxygen atoms in total. The minimum atomic E-state index is -4.35. The zero-order chi connectivity index (χ0) is 23.5. The zero-order valence-corrected chi connectivity index (χ0v) is 17.7. The molecule has 0 spiro atoms. The van der Waals surface area contributed by atoms with Crippen molar-refractivity contribution in [3.8, 4) is 11.5 Å². The first-order valence-electron chi connectivity index (χ1n) is 10.2. The first-order chi connectivity index (χ1) is 15.9. The second-order valence-corrected chi connectivity index (χ2v) is 6.91. The molecule has 0 radical (unpaired) electrons. The van der Waals surface area contributed by atoms with Crippen LogP contribution in [0.25, 0.3) is 12.2 Å². The Bertz CT molecular complexity index is 1040. The Kier molecular flexibility index (Phi) is 8.40. The van der Waals surface area contributed by atoms with Crippen LogP contribution in [0.15, 0.2) is 71.6 Å². The molecule has 9 heteroatoms. The van der Waals surface area contributed by atoms with Crippen molar-refractivity contribution in [1.29, 1.82) is 0 Å².